The normalized spacial score (nSPS) is 14.4. The molecular weight excluding hydrogens is 316 g/mol. The Bertz CT molecular complexity index is 795. The quantitative estimate of drug-likeness (QED) is 0.913. The predicted molar refractivity (Wildman–Crippen MR) is 77.4 cm³/mol. The number of sulfonamides is 1. The third kappa shape index (κ3) is 2.38. The lowest BCUT2D eigenvalue weighted by molar-refractivity contribution is 0.315. The number of phenols is 1. The third-order valence-electron chi connectivity index (χ3n) is 3.09. The van der Waals surface area contributed by atoms with E-state index in [9.17, 15) is 13.5 Å². The number of ether oxygens (including phenoxy) is 1. The minimum Gasteiger partial charge on any atom is -0.506 e. The van der Waals surface area contributed by atoms with E-state index >= 15 is 0 Å². The molecular formula is C13H11ClN2O4S. The molecule has 21 heavy (non-hydrogen) atoms. The van der Waals surface area contributed by atoms with Gasteiger partial charge in [-0.05, 0) is 18.2 Å². The maximum atomic E-state index is 12.7. The zero-order valence-corrected chi connectivity index (χ0v) is 12.3. The van der Waals surface area contributed by atoms with E-state index in [1.54, 1.807) is 6.07 Å². The van der Waals surface area contributed by atoms with Crippen molar-refractivity contribution in [2.75, 3.05) is 17.5 Å². The lowest BCUT2D eigenvalue weighted by atomic mass is 10.3. The van der Waals surface area contributed by atoms with Gasteiger partial charge in [0.1, 0.15) is 23.8 Å². The number of benzene rings is 1. The van der Waals surface area contributed by atoms with Crippen LogP contribution in [0, 0.1) is 0 Å². The number of anilines is 1. The van der Waals surface area contributed by atoms with Crippen molar-refractivity contribution in [1.29, 1.82) is 0 Å². The molecule has 1 aromatic heterocycles. The molecule has 2 heterocycles. The molecule has 0 spiro atoms. The lowest BCUT2D eigenvalue weighted by Crippen LogP contribution is -2.38. The second-order valence-corrected chi connectivity index (χ2v) is 6.65. The maximum Gasteiger partial charge on any atom is 0.264 e. The first-order valence-electron chi connectivity index (χ1n) is 6.08. The summed E-state index contributed by atoms with van der Waals surface area (Å²) in [6.07, 6.45) is 2.97. The van der Waals surface area contributed by atoms with Gasteiger partial charge in [-0.1, -0.05) is 11.6 Å². The second kappa shape index (κ2) is 5.09. The van der Waals surface area contributed by atoms with Crippen molar-refractivity contribution in [1.82, 2.24) is 4.98 Å². The highest BCUT2D eigenvalue weighted by molar-refractivity contribution is 7.92. The fourth-order valence-electron chi connectivity index (χ4n) is 2.07. The number of phenolic OH excluding ortho intramolecular Hbond substituents is 1. The molecule has 0 fully saturated rings. The van der Waals surface area contributed by atoms with Crippen LogP contribution >= 0.6 is 11.6 Å². The summed E-state index contributed by atoms with van der Waals surface area (Å²) in [4.78, 5) is 3.94. The van der Waals surface area contributed by atoms with Crippen LogP contribution in [0.25, 0.3) is 0 Å². The van der Waals surface area contributed by atoms with Crippen LogP contribution in [-0.4, -0.2) is 31.7 Å². The molecule has 0 unspecified atom stereocenters. The van der Waals surface area contributed by atoms with Crippen LogP contribution in [0.3, 0.4) is 0 Å². The SMILES string of the molecule is O=S(=O)(c1ccc(O)c(Cl)c1)N1CCOc2ccncc21. The Hall–Kier alpha value is -1.99. The van der Waals surface area contributed by atoms with Crippen molar-refractivity contribution in [3.63, 3.8) is 0 Å². The standard InChI is InChI=1S/C13H11ClN2O4S/c14-10-7-9(1-2-12(10)17)21(18,19)16-5-6-20-13-3-4-15-8-11(13)16/h1-4,7-8,17H,5-6H2. The first kappa shape index (κ1) is 14.0. The Morgan fingerprint density at radius 2 is 2.14 bits per heavy atom. The summed E-state index contributed by atoms with van der Waals surface area (Å²) in [6.45, 7) is 0.432. The first-order valence-corrected chi connectivity index (χ1v) is 7.90. The summed E-state index contributed by atoms with van der Waals surface area (Å²) in [7, 11) is -3.80. The zero-order valence-electron chi connectivity index (χ0n) is 10.7. The number of aromatic hydroxyl groups is 1. The molecule has 8 heteroatoms. The Kier molecular flexibility index (Phi) is 3.38. The molecule has 110 valence electrons. The number of fused-ring (bicyclic) bond motifs is 1. The summed E-state index contributed by atoms with van der Waals surface area (Å²) in [6, 6.07) is 5.39. The number of rotatable bonds is 2. The van der Waals surface area contributed by atoms with Crippen LogP contribution in [0.1, 0.15) is 0 Å². The van der Waals surface area contributed by atoms with Crippen molar-refractivity contribution < 1.29 is 18.3 Å². The Labute approximate surface area is 126 Å². The molecule has 0 saturated carbocycles. The minimum absolute atomic E-state index is 0.00185. The van der Waals surface area contributed by atoms with Crippen molar-refractivity contribution >= 4 is 27.3 Å². The van der Waals surface area contributed by atoms with E-state index in [-0.39, 0.29) is 28.8 Å². The molecule has 1 aliphatic heterocycles. The highest BCUT2D eigenvalue weighted by Gasteiger charge is 2.30. The summed E-state index contributed by atoms with van der Waals surface area (Å²) >= 11 is 5.79. The van der Waals surface area contributed by atoms with Gasteiger partial charge in [-0.3, -0.25) is 9.29 Å². The molecule has 0 atom stereocenters. The smallest absolute Gasteiger partial charge is 0.264 e. The average molecular weight is 327 g/mol. The van der Waals surface area contributed by atoms with Gasteiger partial charge in [-0.15, -0.1) is 0 Å². The van der Waals surface area contributed by atoms with Crippen LogP contribution in [0.5, 0.6) is 11.5 Å². The van der Waals surface area contributed by atoms with Crippen molar-refractivity contribution in [2.45, 2.75) is 4.90 Å². The summed E-state index contributed by atoms with van der Waals surface area (Å²) < 4.78 is 32.1. The molecule has 1 aromatic carbocycles. The van der Waals surface area contributed by atoms with E-state index in [0.717, 1.165) is 0 Å². The molecule has 1 aliphatic rings. The van der Waals surface area contributed by atoms with Gasteiger partial charge in [0.2, 0.25) is 0 Å². The van der Waals surface area contributed by atoms with Gasteiger partial charge in [0.25, 0.3) is 10.0 Å². The van der Waals surface area contributed by atoms with Gasteiger partial charge in [-0.2, -0.15) is 0 Å². The number of hydrogen-bond acceptors (Lipinski definition) is 5. The van der Waals surface area contributed by atoms with Crippen LogP contribution in [0.4, 0.5) is 5.69 Å². The minimum atomic E-state index is -3.80. The molecule has 0 amide bonds. The molecule has 0 saturated heterocycles. The predicted octanol–water partition coefficient (Wildman–Crippen LogP) is 2.03. The van der Waals surface area contributed by atoms with E-state index < -0.39 is 10.0 Å². The fraction of sp³-hybridized carbons (Fsp3) is 0.154. The molecule has 3 rings (SSSR count). The first-order chi connectivity index (χ1) is 10.00. The molecule has 0 radical (unpaired) electrons. The van der Waals surface area contributed by atoms with Crippen molar-refractivity contribution in [2.24, 2.45) is 0 Å². The van der Waals surface area contributed by atoms with Gasteiger partial charge in [0.15, 0.2) is 0 Å². The number of hydrogen-bond donors (Lipinski definition) is 1. The summed E-state index contributed by atoms with van der Waals surface area (Å²) in [5.41, 5.74) is 0.382. The molecule has 6 nitrogen and oxygen atoms in total. The molecule has 0 aliphatic carbocycles. The molecule has 1 N–H and O–H groups in total. The largest absolute Gasteiger partial charge is 0.506 e. The van der Waals surface area contributed by atoms with Crippen LogP contribution < -0.4 is 9.04 Å². The highest BCUT2D eigenvalue weighted by atomic mass is 35.5. The van der Waals surface area contributed by atoms with E-state index in [1.807, 2.05) is 0 Å². The monoisotopic (exact) mass is 326 g/mol. The van der Waals surface area contributed by atoms with Crippen molar-refractivity contribution in [3.05, 3.63) is 41.7 Å². The summed E-state index contributed by atoms with van der Waals surface area (Å²) in [5.74, 6) is 0.296. The van der Waals surface area contributed by atoms with E-state index in [2.05, 4.69) is 4.98 Å². The third-order valence-corrected chi connectivity index (χ3v) is 5.20. The number of nitrogens with zero attached hydrogens (tertiary/aromatic N) is 2. The van der Waals surface area contributed by atoms with Gasteiger partial charge < -0.3 is 9.84 Å². The van der Waals surface area contributed by atoms with Crippen LogP contribution in [0.15, 0.2) is 41.6 Å². The number of aromatic nitrogens is 1. The van der Waals surface area contributed by atoms with Crippen LogP contribution in [-0.2, 0) is 10.0 Å². The van der Waals surface area contributed by atoms with E-state index in [4.69, 9.17) is 16.3 Å². The highest BCUT2D eigenvalue weighted by Crippen LogP contribution is 2.35. The topological polar surface area (TPSA) is 79.7 Å². The van der Waals surface area contributed by atoms with Crippen molar-refractivity contribution in [3.8, 4) is 11.5 Å². The Morgan fingerprint density at radius 3 is 2.90 bits per heavy atom. The lowest BCUT2D eigenvalue weighted by Gasteiger charge is -2.29. The maximum absolute atomic E-state index is 12.7. The van der Waals surface area contributed by atoms with E-state index in [0.29, 0.717) is 11.4 Å². The summed E-state index contributed by atoms with van der Waals surface area (Å²) in [5, 5.41) is 9.39. The average Bonchev–Trinajstić information content (AvgIpc) is 2.49. The molecule has 0 bridgehead atoms. The van der Waals surface area contributed by atoms with Gasteiger partial charge in [0, 0.05) is 12.3 Å². The number of pyridine rings is 1. The van der Waals surface area contributed by atoms with Gasteiger partial charge in [-0.25, -0.2) is 8.42 Å². The van der Waals surface area contributed by atoms with Crippen LogP contribution in [0.2, 0.25) is 5.02 Å². The van der Waals surface area contributed by atoms with E-state index in [1.165, 1.54) is 34.9 Å². The second-order valence-electron chi connectivity index (χ2n) is 4.38. The Morgan fingerprint density at radius 1 is 1.33 bits per heavy atom. The Balaban J connectivity index is 2.09. The zero-order chi connectivity index (χ0) is 15.0. The van der Waals surface area contributed by atoms with Gasteiger partial charge >= 0.3 is 0 Å². The molecule has 2 aromatic rings. The van der Waals surface area contributed by atoms with Gasteiger partial charge in [0.05, 0.1) is 22.7 Å². The number of halogens is 1. The fourth-order valence-corrected chi connectivity index (χ4v) is 3.78.